The van der Waals surface area contributed by atoms with E-state index in [-0.39, 0.29) is 5.92 Å². The highest BCUT2D eigenvalue weighted by Gasteiger charge is 2.26. The summed E-state index contributed by atoms with van der Waals surface area (Å²) in [6, 6.07) is 11.8. The zero-order valence-corrected chi connectivity index (χ0v) is 11.3. The molecular weight excluding hydrogens is 240 g/mol. The largest absolute Gasteiger partial charge is 0.465 e. The number of hydrogen-bond donors (Lipinski definition) is 0. The Morgan fingerprint density at radius 3 is 1.11 bits per heavy atom. The Hall–Kier alpha value is -2.16. The Bertz CT molecular complexity index is 589. The van der Waals surface area contributed by atoms with Crippen LogP contribution in [-0.2, 0) is 0 Å². The molecule has 0 N–H and O–H groups in total. The maximum atomic E-state index is 5.75. The third-order valence-electron chi connectivity index (χ3n) is 3.14. The second-order valence-corrected chi connectivity index (χ2v) is 4.78. The molecule has 19 heavy (non-hydrogen) atoms. The Morgan fingerprint density at radius 1 is 0.579 bits per heavy atom. The standard InChI is InChI=1S/C16H16O3/c1-10-4-7-13(17-10)16(14-8-5-11(2)18-14)15-9-6-12(3)19-15/h4-9,16H,1-3H3. The number of furan rings is 3. The van der Waals surface area contributed by atoms with Crippen molar-refractivity contribution < 1.29 is 13.3 Å². The molecule has 98 valence electrons. The van der Waals surface area contributed by atoms with E-state index in [0.29, 0.717) is 0 Å². The van der Waals surface area contributed by atoms with Gasteiger partial charge >= 0.3 is 0 Å². The van der Waals surface area contributed by atoms with Gasteiger partial charge in [-0.05, 0) is 57.2 Å². The van der Waals surface area contributed by atoms with Gasteiger partial charge in [-0.3, -0.25) is 0 Å². The highest BCUT2D eigenvalue weighted by Crippen LogP contribution is 2.34. The van der Waals surface area contributed by atoms with Crippen LogP contribution in [0.1, 0.15) is 40.5 Å². The van der Waals surface area contributed by atoms with Crippen LogP contribution >= 0.6 is 0 Å². The summed E-state index contributed by atoms with van der Waals surface area (Å²) in [4.78, 5) is 0. The van der Waals surface area contributed by atoms with Crippen LogP contribution in [0, 0.1) is 20.8 Å². The molecule has 3 aromatic heterocycles. The van der Waals surface area contributed by atoms with Gasteiger partial charge in [0, 0.05) is 0 Å². The molecule has 3 heteroatoms. The predicted molar refractivity (Wildman–Crippen MR) is 71.3 cm³/mol. The van der Waals surface area contributed by atoms with Crippen molar-refractivity contribution in [2.45, 2.75) is 26.7 Å². The fraction of sp³-hybridized carbons (Fsp3) is 0.250. The summed E-state index contributed by atoms with van der Waals surface area (Å²) in [6.45, 7) is 5.80. The van der Waals surface area contributed by atoms with E-state index in [1.165, 1.54) is 0 Å². The monoisotopic (exact) mass is 256 g/mol. The molecule has 0 aromatic carbocycles. The van der Waals surface area contributed by atoms with E-state index >= 15 is 0 Å². The Labute approximate surface area is 111 Å². The molecule has 0 bridgehead atoms. The molecule has 0 aliphatic rings. The van der Waals surface area contributed by atoms with Crippen LogP contribution in [0.25, 0.3) is 0 Å². The van der Waals surface area contributed by atoms with Gasteiger partial charge in [-0.15, -0.1) is 0 Å². The molecule has 0 saturated heterocycles. The van der Waals surface area contributed by atoms with Gasteiger partial charge in [0.2, 0.25) is 0 Å². The third-order valence-corrected chi connectivity index (χ3v) is 3.14. The highest BCUT2D eigenvalue weighted by atomic mass is 16.4. The average Bonchev–Trinajstić information content (AvgIpc) is 3.05. The topological polar surface area (TPSA) is 39.4 Å². The maximum Gasteiger partial charge on any atom is 0.133 e. The van der Waals surface area contributed by atoms with Gasteiger partial charge < -0.3 is 13.3 Å². The summed E-state index contributed by atoms with van der Waals surface area (Å²) in [5.74, 6) is 5.02. The molecule has 0 unspecified atom stereocenters. The molecule has 0 aliphatic heterocycles. The minimum Gasteiger partial charge on any atom is -0.465 e. The average molecular weight is 256 g/mol. The van der Waals surface area contributed by atoms with Crippen LogP contribution in [0.4, 0.5) is 0 Å². The normalized spacial score (nSPS) is 11.4. The Kier molecular flexibility index (Phi) is 2.82. The molecule has 0 atom stereocenters. The number of hydrogen-bond acceptors (Lipinski definition) is 3. The fourth-order valence-electron chi connectivity index (χ4n) is 2.25. The van der Waals surface area contributed by atoms with Crippen molar-refractivity contribution in [1.29, 1.82) is 0 Å². The zero-order chi connectivity index (χ0) is 13.4. The molecule has 0 aliphatic carbocycles. The first-order valence-corrected chi connectivity index (χ1v) is 6.32. The lowest BCUT2D eigenvalue weighted by atomic mass is 10.0. The van der Waals surface area contributed by atoms with Crippen molar-refractivity contribution in [1.82, 2.24) is 0 Å². The van der Waals surface area contributed by atoms with Gasteiger partial charge in [0.15, 0.2) is 0 Å². The van der Waals surface area contributed by atoms with E-state index in [1.807, 2.05) is 57.2 Å². The molecular formula is C16H16O3. The van der Waals surface area contributed by atoms with E-state index in [9.17, 15) is 0 Å². The van der Waals surface area contributed by atoms with Gasteiger partial charge in [-0.25, -0.2) is 0 Å². The molecule has 3 nitrogen and oxygen atoms in total. The summed E-state index contributed by atoms with van der Waals surface area (Å²) in [5.41, 5.74) is 0. The van der Waals surface area contributed by atoms with Crippen molar-refractivity contribution in [3.63, 3.8) is 0 Å². The highest BCUT2D eigenvalue weighted by molar-refractivity contribution is 5.32. The third kappa shape index (κ3) is 2.24. The van der Waals surface area contributed by atoms with Gasteiger partial charge in [-0.1, -0.05) is 0 Å². The summed E-state index contributed by atoms with van der Waals surface area (Å²) in [5, 5.41) is 0. The first-order chi connectivity index (χ1) is 9.13. The lowest BCUT2D eigenvalue weighted by Gasteiger charge is -2.09. The second-order valence-electron chi connectivity index (χ2n) is 4.78. The lowest BCUT2D eigenvalue weighted by Crippen LogP contribution is -1.99. The van der Waals surface area contributed by atoms with Gasteiger partial charge in [-0.2, -0.15) is 0 Å². The molecule has 3 heterocycles. The van der Waals surface area contributed by atoms with Crippen molar-refractivity contribution in [3.8, 4) is 0 Å². The molecule has 0 saturated carbocycles. The van der Waals surface area contributed by atoms with Crippen LogP contribution in [-0.4, -0.2) is 0 Å². The molecule has 3 rings (SSSR count). The molecule has 0 spiro atoms. The number of aryl methyl sites for hydroxylation is 3. The van der Waals surface area contributed by atoms with Crippen molar-refractivity contribution >= 4 is 0 Å². The fourth-order valence-corrected chi connectivity index (χ4v) is 2.25. The van der Waals surface area contributed by atoms with Crippen molar-refractivity contribution in [2.24, 2.45) is 0 Å². The lowest BCUT2D eigenvalue weighted by molar-refractivity contribution is 0.387. The Morgan fingerprint density at radius 2 is 0.895 bits per heavy atom. The van der Waals surface area contributed by atoms with Gasteiger partial charge in [0.25, 0.3) is 0 Å². The molecule has 0 fully saturated rings. The second kappa shape index (κ2) is 4.50. The van der Waals surface area contributed by atoms with Crippen LogP contribution in [0.15, 0.2) is 49.6 Å². The van der Waals surface area contributed by atoms with Gasteiger partial charge in [0.1, 0.15) is 40.5 Å². The summed E-state index contributed by atoms with van der Waals surface area (Å²) in [7, 11) is 0. The number of rotatable bonds is 3. The summed E-state index contributed by atoms with van der Waals surface area (Å²) in [6.07, 6.45) is 0. The van der Waals surface area contributed by atoms with E-state index in [4.69, 9.17) is 13.3 Å². The van der Waals surface area contributed by atoms with Crippen LogP contribution in [0.3, 0.4) is 0 Å². The first kappa shape index (κ1) is 11.9. The van der Waals surface area contributed by atoms with E-state index in [2.05, 4.69) is 0 Å². The Balaban J connectivity index is 2.10. The minimum absolute atomic E-state index is 0.129. The van der Waals surface area contributed by atoms with Crippen LogP contribution in [0.2, 0.25) is 0 Å². The first-order valence-electron chi connectivity index (χ1n) is 6.32. The van der Waals surface area contributed by atoms with Gasteiger partial charge in [0.05, 0.1) is 0 Å². The van der Waals surface area contributed by atoms with Crippen LogP contribution < -0.4 is 0 Å². The van der Waals surface area contributed by atoms with E-state index in [0.717, 1.165) is 34.6 Å². The predicted octanol–water partition coefficient (Wildman–Crippen LogP) is 4.57. The minimum atomic E-state index is -0.129. The van der Waals surface area contributed by atoms with Crippen LogP contribution in [0.5, 0.6) is 0 Å². The SMILES string of the molecule is Cc1ccc(C(c2ccc(C)o2)c2ccc(C)o2)o1. The van der Waals surface area contributed by atoms with E-state index < -0.39 is 0 Å². The smallest absolute Gasteiger partial charge is 0.133 e. The maximum absolute atomic E-state index is 5.75. The summed E-state index contributed by atoms with van der Waals surface area (Å²) >= 11 is 0. The van der Waals surface area contributed by atoms with Crippen molar-refractivity contribution in [2.75, 3.05) is 0 Å². The van der Waals surface area contributed by atoms with Crippen molar-refractivity contribution in [3.05, 3.63) is 71.0 Å². The quantitative estimate of drug-likeness (QED) is 0.689. The molecule has 3 aromatic rings. The molecule has 0 radical (unpaired) electrons. The summed E-state index contributed by atoms with van der Waals surface area (Å²) < 4.78 is 17.3. The molecule has 0 amide bonds. The zero-order valence-electron chi connectivity index (χ0n) is 11.3. The van der Waals surface area contributed by atoms with E-state index in [1.54, 1.807) is 0 Å².